The standard InChI is InChI=1S/C24H19ClF3N3O3/c1-15-11-22(30-31(15)13-16-3-2-4-17(12-16)24(26,27)28)29-23(32)21-10-9-20(34-21)14-33-19-7-5-18(25)6-8-19/h2-12H,13-14H2,1H3,(H,29,30,32). The number of rotatable bonds is 7. The molecule has 1 N–H and O–H groups in total. The molecule has 0 aliphatic carbocycles. The third-order valence-electron chi connectivity index (χ3n) is 4.89. The van der Waals surface area contributed by atoms with Crippen LogP contribution in [0.25, 0.3) is 0 Å². The first kappa shape index (κ1) is 23.4. The van der Waals surface area contributed by atoms with Gasteiger partial charge in [0, 0.05) is 16.8 Å². The maximum Gasteiger partial charge on any atom is 0.416 e. The zero-order valence-corrected chi connectivity index (χ0v) is 18.7. The highest BCUT2D eigenvalue weighted by molar-refractivity contribution is 6.30. The molecule has 0 spiro atoms. The molecule has 6 nitrogen and oxygen atoms in total. The Balaban J connectivity index is 1.38. The number of halogens is 4. The van der Waals surface area contributed by atoms with E-state index in [2.05, 4.69) is 10.4 Å². The first-order valence-electron chi connectivity index (χ1n) is 10.2. The number of hydrogen-bond donors (Lipinski definition) is 1. The van der Waals surface area contributed by atoms with Crippen molar-refractivity contribution in [3.8, 4) is 5.75 Å². The van der Waals surface area contributed by atoms with Crippen LogP contribution in [0.4, 0.5) is 19.0 Å². The van der Waals surface area contributed by atoms with Gasteiger partial charge < -0.3 is 14.5 Å². The van der Waals surface area contributed by atoms with Gasteiger partial charge in [0.15, 0.2) is 11.6 Å². The van der Waals surface area contributed by atoms with Crippen molar-refractivity contribution < 1.29 is 27.1 Å². The smallest absolute Gasteiger partial charge is 0.416 e. The average Bonchev–Trinajstić information content (AvgIpc) is 3.40. The fourth-order valence-corrected chi connectivity index (χ4v) is 3.32. The topological polar surface area (TPSA) is 69.3 Å². The highest BCUT2D eigenvalue weighted by Crippen LogP contribution is 2.29. The molecule has 4 rings (SSSR count). The number of alkyl halides is 3. The van der Waals surface area contributed by atoms with Crippen LogP contribution in [0.3, 0.4) is 0 Å². The highest BCUT2D eigenvalue weighted by atomic mass is 35.5. The first-order chi connectivity index (χ1) is 16.2. The van der Waals surface area contributed by atoms with Crippen LogP contribution >= 0.6 is 11.6 Å². The van der Waals surface area contributed by atoms with Gasteiger partial charge in [-0.1, -0.05) is 23.7 Å². The van der Waals surface area contributed by atoms with Gasteiger partial charge in [0.2, 0.25) is 0 Å². The van der Waals surface area contributed by atoms with Gasteiger partial charge in [0.1, 0.15) is 18.1 Å². The Kier molecular flexibility index (Phi) is 6.65. The number of aromatic nitrogens is 2. The molecule has 0 aliphatic rings. The minimum absolute atomic E-state index is 0.0692. The first-order valence-corrected chi connectivity index (χ1v) is 10.5. The van der Waals surface area contributed by atoms with E-state index in [0.29, 0.717) is 27.8 Å². The molecule has 10 heteroatoms. The molecule has 0 bridgehead atoms. The second kappa shape index (κ2) is 9.64. The molecule has 0 atom stereocenters. The van der Waals surface area contributed by atoms with E-state index < -0.39 is 17.6 Å². The summed E-state index contributed by atoms with van der Waals surface area (Å²) in [4.78, 5) is 12.5. The van der Waals surface area contributed by atoms with Gasteiger partial charge in [0.05, 0.1) is 12.1 Å². The van der Waals surface area contributed by atoms with Crippen molar-refractivity contribution in [2.75, 3.05) is 5.32 Å². The SMILES string of the molecule is Cc1cc(NC(=O)c2ccc(COc3ccc(Cl)cc3)o2)nn1Cc1cccc(C(F)(F)F)c1. The summed E-state index contributed by atoms with van der Waals surface area (Å²) in [6.45, 7) is 1.99. The van der Waals surface area contributed by atoms with E-state index in [-0.39, 0.29) is 24.7 Å². The van der Waals surface area contributed by atoms with E-state index in [0.717, 1.165) is 12.1 Å². The molecule has 0 saturated carbocycles. The van der Waals surface area contributed by atoms with Gasteiger partial charge in [0.25, 0.3) is 5.91 Å². The molecule has 2 aromatic carbocycles. The highest BCUT2D eigenvalue weighted by Gasteiger charge is 2.30. The monoisotopic (exact) mass is 489 g/mol. The fourth-order valence-electron chi connectivity index (χ4n) is 3.19. The Morgan fingerprint density at radius 3 is 2.62 bits per heavy atom. The van der Waals surface area contributed by atoms with Gasteiger partial charge in [-0.05, 0) is 61.0 Å². The Bertz CT molecular complexity index is 1300. The summed E-state index contributed by atoms with van der Waals surface area (Å²) in [5, 5.41) is 7.51. The van der Waals surface area contributed by atoms with Crippen LogP contribution in [0.2, 0.25) is 5.02 Å². The van der Waals surface area contributed by atoms with Crippen LogP contribution in [0.5, 0.6) is 5.75 Å². The van der Waals surface area contributed by atoms with Crippen molar-refractivity contribution in [3.05, 3.63) is 100 Å². The molecule has 4 aromatic rings. The number of furan rings is 1. The van der Waals surface area contributed by atoms with E-state index in [1.165, 1.54) is 16.8 Å². The van der Waals surface area contributed by atoms with E-state index in [1.807, 2.05) is 0 Å². The minimum atomic E-state index is -4.42. The second-order valence-corrected chi connectivity index (χ2v) is 7.93. The predicted octanol–water partition coefficient (Wildman–Crippen LogP) is 6.34. The van der Waals surface area contributed by atoms with Crippen molar-refractivity contribution in [3.63, 3.8) is 0 Å². The molecule has 1 amide bonds. The maximum atomic E-state index is 13.0. The number of anilines is 1. The quantitative estimate of drug-likeness (QED) is 0.329. The van der Waals surface area contributed by atoms with Crippen molar-refractivity contribution in [2.24, 2.45) is 0 Å². The van der Waals surface area contributed by atoms with Crippen molar-refractivity contribution in [2.45, 2.75) is 26.3 Å². The molecule has 0 fully saturated rings. The van der Waals surface area contributed by atoms with E-state index in [1.54, 1.807) is 49.4 Å². The molecular formula is C24H19ClF3N3O3. The molecule has 0 saturated heterocycles. The molecule has 2 aromatic heterocycles. The Morgan fingerprint density at radius 2 is 1.88 bits per heavy atom. The van der Waals surface area contributed by atoms with Crippen LogP contribution in [0.1, 0.15) is 33.1 Å². The number of amides is 1. The van der Waals surface area contributed by atoms with Crippen LogP contribution in [0, 0.1) is 6.92 Å². The molecule has 0 aliphatic heterocycles. The van der Waals surface area contributed by atoms with Gasteiger partial charge in [-0.3, -0.25) is 9.48 Å². The number of carbonyl (C=O) groups excluding carboxylic acids is 1. The lowest BCUT2D eigenvalue weighted by Crippen LogP contribution is -2.12. The number of ether oxygens (including phenoxy) is 1. The average molecular weight is 490 g/mol. The lowest BCUT2D eigenvalue weighted by molar-refractivity contribution is -0.137. The van der Waals surface area contributed by atoms with Crippen LogP contribution in [0.15, 0.2) is 71.1 Å². The van der Waals surface area contributed by atoms with Gasteiger partial charge in [-0.2, -0.15) is 18.3 Å². The van der Waals surface area contributed by atoms with Crippen LogP contribution < -0.4 is 10.1 Å². The number of nitrogens with zero attached hydrogens (tertiary/aromatic N) is 2. The summed E-state index contributed by atoms with van der Waals surface area (Å²) in [5.41, 5.74) is 0.386. The molecular weight excluding hydrogens is 471 g/mol. The number of aryl methyl sites for hydroxylation is 1. The molecule has 0 unspecified atom stereocenters. The van der Waals surface area contributed by atoms with Crippen molar-refractivity contribution in [1.29, 1.82) is 0 Å². The zero-order valence-electron chi connectivity index (χ0n) is 17.9. The van der Waals surface area contributed by atoms with Gasteiger partial charge in [-0.25, -0.2) is 0 Å². The Morgan fingerprint density at radius 1 is 1.12 bits per heavy atom. The Labute approximate surface area is 197 Å². The summed E-state index contributed by atoms with van der Waals surface area (Å²) in [6, 6.07) is 16.6. The van der Waals surface area contributed by atoms with E-state index in [4.69, 9.17) is 20.8 Å². The van der Waals surface area contributed by atoms with E-state index >= 15 is 0 Å². The van der Waals surface area contributed by atoms with Gasteiger partial charge in [-0.15, -0.1) is 0 Å². The maximum absolute atomic E-state index is 13.0. The molecule has 176 valence electrons. The van der Waals surface area contributed by atoms with Crippen LogP contribution in [-0.4, -0.2) is 15.7 Å². The molecule has 0 radical (unpaired) electrons. The summed E-state index contributed by atoms with van der Waals surface area (Å²) in [5.74, 6) is 0.867. The number of benzene rings is 2. The Hall–Kier alpha value is -3.72. The zero-order chi connectivity index (χ0) is 24.3. The van der Waals surface area contributed by atoms with Crippen molar-refractivity contribution >= 4 is 23.3 Å². The summed E-state index contributed by atoms with van der Waals surface area (Å²) >= 11 is 5.84. The summed E-state index contributed by atoms with van der Waals surface area (Å²) in [7, 11) is 0. The van der Waals surface area contributed by atoms with Gasteiger partial charge >= 0.3 is 6.18 Å². The number of hydrogen-bond acceptors (Lipinski definition) is 4. The predicted molar refractivity (Wildman–Crippen MR) is 120 cm³/mol. The lowest BCUT2D eigenvalue weighted by atomic mass is 10.1. The normalized spacial score (nSPS) is 11.4. The third-order valence-corrected chi connectivity index (χ3v) is 5.14. The molecule has 2 heterocycles. The minimum Gasteiger partial charge on any atom is -0.486 e. The fraction of sp³-hybridized carbons (Fsp3) is 0.167. The number of carbonyl (C=O) groups is 1. The summed E-state index contributed by atoms with van der Waals surface area (Å²) in [6.07, 6.45) is -4.42. The van der Waals surface area contributed by atoms with E-state index in [9.17, 15) is 18.0 Å². The van der Waals surface area contributed by atoms with Crippen LogP contribution in [-0.2, 0) is 19.3 Å². The third kappa shape index (κ3) is 5.79. The van der Waals surface area contributed by atoms with Crippen molar-refractivity contribution in [1.82, 2.24) is 9.78 Å². The second-order valence-electron chi connectivity index (χ2n) is 7.49. The molecule has 34 heavy (non-hydrogen) atoms. The largest absolute Gasteiger partial charge is 0.486 e. The summed E-state index contributed by atoms with van der Waals surface area (Å²) < 4.78 is 51.5. The number of nitrogens with one attached hydrogen (secondary N) is 1. The lowest BCUT2D eigenvalue weighted by Gasteiger charge is -2.09.